The van der Waals surface area contributed by atoms with Crippen LogP contribution in [0.25, 0.3) is 0 Å². The first-order valence-corrected chi connectivity index (χ1v) is 10.0. The third kappa shape index (κ3) is 2.52. The Bertz CT molecular complexity index is 506. The van der Waals surface area contributed by atoms with Crippen molar-refractivity contribution in [3.63, 3.8) is 0 Å². The van der Waals surface area contributed by atoms with Crippen molar-refractivity contribution in [2.75, 3.05) is 0 Å². The van der Waals surface area contributed by atoms with E-state index in [0.717, 1.165) is 42.9 Å². The van der Waals surface area contributed by atoms with E-state index >= 15 is 0 Å². The van der Waals surface area contributed by atoms with E-state index in [2.05, 4.69) is 13.8 Å². The Morgan fingerprint density at radius 3 is 2.29 bits per heavy atom. The largest absolute Gasteiger partial charge is 0.393 e. The van der Waals surface area contributed by atoms with Crippen LogP contribution in [0.4, 0.5) is 0 Å². The highest BCUT2D eigenvalue weighted by Gasteiger charge is 2.60. The summed E-state index contributed by atoms with van der Waals surface area (Å²) in [5, 5.41) is 10.1. The van der Waals surface area contributed by atoms with Crippen LogP contribution >= 0.6 is 13.5 Å². The molecule has 0 saturated heterocycles. The van der Waals surface area contributed by atoms with E-state index in [4.69, 9.17) is 0 Å². The average Bonchev–Trinajstić information content (AvgIpc) is 2.85. The molecule has 0 spiro atoms. The van der Waals surface area contributed by atoms with Crippen molar-refractivity contribution < 1.29 is 9.90 Å². The van der Waals surface area contributed by atoms with Crippen LogP contribution in [0, 0.1) is 40.4 Å². The summed E-state index contributed by atoms with van der Waals surface area (Å²) in [6, 6.07) is 0. The van der Waals surface area contributed by atoms with Crippen molar-refractivity contribution in [1.82, 2.24) is 0 Å². The highest BCUT2D eigenvalue weighted by atomic mass is 32.1. The molecule has 0 aliphatic heterocycles. The maximum absolute atomic E-state index is 12.2. The lowest BCUT2D eigenvalue weighted by molar-refractivity contribution is -0.138. The molecule has 4 aliphatic carbocycles. The molecule has 24 heavy (non-hydrogen) atoms. The van der Waals surface area contributed by atoms with Crippen molar-refractivity contribution in [3.8, 4) is 0 Å². The maximum Gasteiger partial charge on any atom is 0.133 e. The molecular weight excluding hydrogens is 316 g/mol. The number of aliphatic hydroxyl groups is 1. The molecule has 0 radical (unpaired) electrons. The number of ketones is 1. The Labute approximate surface area is 154 Å². The molecule has 0 aromatic heterocycles. The second-order valence-corrected chi connectivity index (χ2v) is 9.87. The fraction of sp³-hybridized carbons (Fsp3) is 0.952. The minimum atomic E-state index is -0.0490. The molecule has 4 saturated carbocycles. The van der Waals surface area contributed by atoms with Gasteiger partial charge < -0.3 is 5.11 Å². The van der Waals surface area contributed by atoms with Gasteiger partial charge in [-0.25, -0.2) is 0 Å². The second-order valence-electron chi connectivity index (χ2n) is 9.87. The summed E-state index contributed by atoms with van der Waals surface area (Å²) >= 11 is 0. The highest BCUT2D eigenvalue weighted by Crippen LogP contribution is 2.67. The van der Waals surface area contributed by atoms with E-state index in [1.54, 1.807) is 0 Å². The maximum atomic E-state index is 12.2. The summed E-state index contributed by atoms with van der Waals surface area (Å²) in [4.78, 5) is 12.2. The predicted octanol–water partition coefficient (Wildman–Crippen LogP) is 4.71. The number of fused-ring (bicyclic) bond motifs is 5. The van der Waals surface area contributed by atoms with Gasteiger partial charge in [0.1, 0.15) is 5.78 Å². The fourth-order valence-electron chi connectivity index (χ4n) is 7.90. The summed E-state index contributed by atoms with van der Waals surface area (Å²) in [6.07, 6.45) is 10.9. The molecule has 0 aromatic rings. The normalized spacial score (nSPS) is 53.3. The summed E-state index contributed by atoms with van der Waals surface area (Å²) < 4.78 is 0. The monoisotopic (exact) mass is 352 g/mol. The van der Waals surface area contributed by atoms with Gasteiger partial charge in [0.15, 0.2) is 0 Å². The van der Waals surface area contributed by atoms with Gasteiger partial charge in [-0.1, -0.05) is 13.8 Å². The number of hydrogen-bond donors (Lipinski definition) is 1. The van der Waals surface area contributed by atoms with E-state index in [9.17, 15) is 9.90 Å². The molecule has 0 amide bonds. The molecule has 2 nitrogen and oxygen atoms in total. The van der Waals surface area contributed by atoms with Crippen molar-refractivity contribution in [3.05, 3.63) is 0 Å². The first-order chi connectivity index (χ1) is 10.9. The van der Waals surface area contributed by atoms with Gasteiger partial charge in [-0.15, -0.1) is 0 Å². The Morgan fingerprint density at radius 1 is 0.917 bits per heavy atom. The molecule has 4 rings (SSSR count). The zero-order valence-corrected chi connectivity index (χ0v) is 16.7. The first-order valence-electron chi connectivity index (χ1n) is 10.0. The van der Waals surface area contributed by atoms with Crippen LogP contribution in [0.5, 0.6) is 0 Å². The van der Waals surface area contributed by atoms with Gasteiger partial charge in [0.2, 0.25) is 0 Å². The first kappa shape index (κ1) is 18.8. The molecule has 138 valence electrons. The van der Waals surface area contributed by atoms with Crippen molar-refractivity contribution in [2.24, 2.45) is 40.4 Å². The fourth-order valence-corrected chi connectivity index (χ4v) is 7.90. The van der Waals surface area contributed by atoms with E-state index in [1.165, 1.54) is 38.5 Å². The number of Topliss-reactive ketones (excluding diaryl/α,β-unsaturated/α-hetero) is 1. The number of carbonyl (C=O) groups is 1. The molecule has 0 aromatic carbocycles. The van der Waals surface area contributed by atoms with Crippen molar-refractivity contribution in [2.45, 2.75) is 84.7 Å². The second kappa shape index (κ2) is 6.30. The topological polar surface area (TPSA) is 37.3 Å². The van der Waals surface area contributed by atoms with E-state index in [1.807, 2.05) is 6.92 Å². The third-order valence-corrected chi connectivity index (χ3v) is 9.13. The summed E-state index contributed by atoms with van der Waals surface area (Å²) in [5.41, 5.74) is 0.738. The lowest BCUT2D eigenvalue weighted by Crippen LogP contribution is -2.54. The standard InChI is InChI=1S/C21H34O2.H2S/c1-13(22)17-6-7-18-16-5-4-14-12-15(23)8-10-20(14,2)19(16)9-11-21(17,18)3;/h14-19,23H,4-12H2,1-3H3;1H2/t14-,15-,16-,17+,18-,19-,20-,21+;/m0./s1. The van der Waals surface area contributed by atoms with Crippen LogP contribution < -0.4 is 0 Å². The van der Waals surface area contributed by atoms with Crippen LogP contribution in [-0.2, 0) is 4.79 Å². The van der Waals surface area contributed by atoms with Gasteiger partial charge in [0, 0.05) is 5.92 Å². The van der Waals surface area contributed by atoms with Crippen LogP contribution in [0.2, 0.25) is 0 Å². The van der Waals surface area contributed by atoms with Crippen LogP contribution in [0.15, 0.2) is 0 Å². The van der Waals surface area contributed by atoms with Crippen LogP contribution in [-0.4, -0.2) is 17.0 Å². The van der Waals surface area contributed by atoms with Crippen LogP contribution in [0.1, 0.15) is 78.6 Å². The summed E-state index contributed by atoms with van der Waals surface area (Å²) in [6.45, 7) is 6.80. The molecule has 1 N–H and O–H groups in total. The zero-order valence-electron chi connectivity index (χ0n) is 15.7. The van der Waals surface area contributed by atoms with E-state index in [-0.39, 0.29) is 25.0 Å². The Morgan fingerprint density at radius 2 is 1.58 bits per heavy atom. The lowest BCUT2D eigenvalue weighted by Gasteiger charge is -2.60. The molecule has 8 atom stereocenters. The smallest absolute Gasteiger partial charge is 0.133 e. The van der Waals surface area contributed by atoms with Crippen molar-refractivity contribution >= 4 is 19.3 Å². The molecule has 4 aliphatic rings. The Kier molecular flexibility index (Phi) is 4.92. The minimum Gasteiger partial charge on any atom is -0.393 e. The Balaban J connectivity index is 0.00000169. The third-order valence-electron chi connectivity index (χ3n) is 9.13. The van der Waals surface area contributed by atoms with Gasteiger partial charge in [0.25, 0.3) is 0 Å². The SMILES string of the molecule is CC(=O)[C@H]1CC[C@H]2[C@@H]3CC[C@H]4C[C@@H](O)CC[C@]4(C)[C@H]3CC[C@]12C.S. The lowest BCUT2D eigenvalue weighted by atomic mass is 9.44. The van der Waals surface area contributed by atoms with Gasteiger partial charge >= 0.3 is 0 Å². The van der Waals surface area contributed by atoms with Crippen molar-refractivity contribution in [1.29, 1.82) is 0 Å². The van der Waals surface area contributed by atoms with Gasteiger partial charge in [0.05, 0.1) is 6.10 Å². The van der Waals surface area contributed by atoms with E-state index < -0.39 is 0 Å². The molecule has 3 heteroatoms. The average molecular weight is 353 g/mol. The highest BCUT2D eigenvalue weighted by molar-refractivity contribution is 7.59. The number of aliphatic hydroxyl groups excluding tert-OH is 1. The quantitative estimate of drug-likeness (QED) is 0.742. The van der Waals surface area contributed by atoms with E-state index in [0.29, 0.717) is 17.1 Å². The molecule has 0 bridgehead atoms. The molecule has 0 heterocycles. The zero-order chi connectivity index (χ0) is 16.4. The molecule has 4 fully saturated rings. The van der Waals surface area contributed by atoms with Gasteiger partial charge in [-0.3, -0.25) is 4.79 Å². The minimum absolute atomic E-state index is 0. The molecular formula is C21H36O2S. The molecule has 0 unspecified atom stereocenters. The van der Waals surface area contributed by atoms with Gasteiger partial charge in [-0.05, 0) is 99.2 Å². The van der Waals surface area contributed by atoms with Gasteiger partial charge in [-0.2, -0.15) is 13.5 Å². The summed E-state index contributed by atoms with van der Waals surface area (Å²) in [7, 11) is 0. The number of carbonyl (C=O) groups excluding carboxylic acids is 1. The number of rotatable bonds is 1. The van der Waals surface area contributed by atoms with Crippen LogP contribution in [0.3, 0.4) is 0 Å². The Hall–Kier alpha value is -0.0200. The summed E-state index contributed by atoms with van der Waals surface area (Å²) in [5.74, 6) is 3.97. The number of hydrogen-bond acceptors (Lipinski definition) is 2. The predicted molar refractivity (Wildman–Crippen MR) is 102 cm³/mol.